The van der Waals surface area contributed by atoms with Crippen molar-refractivity contribution in [1.29, 1.82) is 0 Å². The zero-order chi connectivity index (χ0) is 16.3. The highest BCUT2D eigenvalue weighted by atomic mass is 16.2. The van der Waals surface area contributed by atoms with Gasteiger partial charge in [0.05, 0.1) is 0 Å². The topological polar surface area (TPSA) is 81.8 Å². The Hall–Kier alpha value is -1.63. The molecule has 4 amide bonds. The fraction of sp³-hybridized carbons (Fsp3) is 0.800. The van der Waals surface area contributed by atoms with Crippen molar-refractivity contribution >= 4 is 17.8 Å². The van der Waals surface area contributed by atoms with Gasteiger partial charge >= 0.3 is 6.03 Å². The molecule has 22 heavy (non-hydrogen) atoms. The average Bonchev–Trinajstić information content (AvgIpc) is 2.97. The molecule has 0 aromatic carbocycles. The van der Waals surface area contributed by atoms with Crippen LogP contribution < -0.4 is 10.6 Å². The van der Waals surface area contributed by atoms with Crippen molar-refractivity contribution < 1.29 is 14.4 Å². The molecule has 124 valence electrons. The van der Waals surface area contributed by atoms with Gasteiger partial charge in [0.1, 0.15) is 5.54 Å². The second kappa shape index (κ2) is 6.64. The van der Waals surface area contributed by atoms with Crippen LogP contribution in [0.5, 0.6) is 0 Å². The molecule has 0 saturated carbocycles. The first-order valence-electron chi connectivity index (χ1n) is 7.95. The van der Waals surface area contributed by atoms with Crippen LogP contribution in [0.3, 0.4) is 0 Å². The van der Waals surface area contributed by atoms with E-state index in [9.17, 15) is 14.4 Å². The number of nitrogens with zero attached hydrogens (tertiary/aromatic N) is 2. The van der Waals surface area contributed by atoms with Crippen molar-refractivity contribution in [3.63, 3.8) is 0 Å². The number of amides is 4. The predicted octanol–water partition coefficient (Wildman–Crippen LogP) is 0.307. The van der Waals surface area contributed by atoms with E-state index in [0.29, 0.717) is 19.4 Å². The number of nitrogens with one attached hydrogen (secondary N) is 2. The van der Waals surface area contributed by atoms with Gasteiger partial charge < -0.3 is 15.5 Å². The van der Waals surface area contributed by atoms with Gasteiger partial charge in [0.25, 0.3) is 5.91 Å². The Morgan fingerprint density at radius 1 is 1.41 bits per heavy atom. The zero-order valence-electron chi connectivity index (χ0n) is 13.6. The van der Waals surface area contributed by atoms with Crippen LogP contribution in [0.2, 0.25) is 0 Å². The molecule has 0 radical (unpaired) electrons. The van der Waals surface area contributed by atoms with Crippen molar-refractivity contribution in [1.82, 2.24) is 20.4 Å². The number of likely N-dealkylation sites (N-methyl/N-ethyl adjacent to an activating group) is 1. The number of carbonyl (C=O) groups excluding carboxylic acids is 3. The molecule has 0 bridgehead atoms. The quantitative estimate of drug-likeness (QED) is 0.692. The van der Waals surface area contributed by atoms with Crippen LogP contribution in [0.1, 0.15) is 39.5 Å². The molecule has 1 unspecified atom stereocenters. The third-order valence-corrected chi connectivity index (χ3v) is 4.35. The highest BCUT2D eigenvalue weighted by molar-refractivity contribution is 6.06. The number of hydrogen-bond acceptors (Lipinski definition) is 4. The van der Waals surface area contributed by atoms with Crippen molar-refractivity contribution in [2.75, 3.05) is 26.7 Å². The SMILES string of the molecule is CNCC1CCCN1C(=O)CCCN1C(=O)NC(C)(C)C1=O. The average molecular weight is 310 g/mol. The summed E-state index contributed by atoms with van der Waals surface area (Å²) in [4.78, 5) is 39.2. The number of rotatable bonds is 6. The molecule has 0 aliphatic carbocycles. The number of likely N-dealkylation sites (tertiary alicyclic amines) is 1. The maximum absolute atomic E-state index is 12.3. The maximum atomic E-state index is 12.3. The van der Waals surface area contributed by atoms with Crippen molar-refractivity contribution in [2.24, 2.45) is 0 Å². The minimum absolute atomic E-state index is 0.115. The van der Waals surface area contributed by atoms with Crippen molar-refractivity contribution in [3.8, 4) is 0 Å². The van der Waals surface area contributed by atoms with Gasteiger partial charge in [0, 0.05) is 32.1 Å². The van der Waals surface area contributed by atoms with Crippen molar-refractivity contribution in [3.05, 3.63) is 0 Å². The molecule has 2 rings (SSSR count). The molecule has 2 N–H and O–H groups in total. The van der Waals surface area contributed by atoms with Crippen molar-refractivity contribution in [2.45, 2.75) is 51.1 Å². The molecule has 2 saturated heterocycles. The standard InChI is InChI=1S/C15H26N4O3/c1-15(2)13(21)19(14(22)17-15)9-5-7-12(20)18-8-4-6-11(18)10-16-3/h11,16H,4-10H2,1-3H3,(H,17,22). The van der Waals surface area contributed by atoms with Gasteiger partial charge in [-0.3, -0.25) is 14.5 Å². The fourth-order valence-corrected chi connectivity index (χ4v) is 3.16. The maximum Gasteiger partial charge on any atom is 0.325 e. The lowest BCUT2D eigenvalue weighted by Gasteiger charge is -2.25. The fourth-order valence-electron chi connectivity index (χ4n) is 3.16. The van der Waals surface area contributed by atoms with E-state index in [-0.39, 0.29) is 23.9 Å². The lowest BCUT2D eigenvalue weighted by atomic mass is 10.1. The second-order valence-corrected chi connectivity index (χ2v) is 6.56. The molecule has 0 spiro atoms. The third-order valence-electron chi connectivity index (χ3n) is 4.35. The summed E-state index contributed by atoms with van der Waals surface area (Å²) >= 11 is 0. The van der Waals surface area contributed by atoms with E-state index in [1.165, 1.54) is 4.90 Å². The second-order valence-electron chi connectivity index (χ2n) is 6.56. The molecule has 7 heteroatoms. The smallest absolute Gasteiger partial charge is 0.325 e. The van der Waals surface area contributed by atoms with Crippen LogP contribution in [-0.4, -0.2) is 65.9 Å². The molecule has 2 aliphatic rings. The molecular weight excluding hydrogens is 284 g/mol. The van der Waals surface area contributed by atoms with Gasteiger partial charge in [-0.25, -0.2) is 4.79 Å². The molecule has 0 aromatic heterocycles. The first kappa shape index (κ1) is 16.7. The van der Waals surface area contributed by atoms with E-state index in [4.69, 9.17) is 0 Å². The number of urea groups is 1. The van der Waals surface area contributed by atoms with Crippen LogP contribution in [-0.2, 0) is 9.59 Å². The summed E-state index contributed by atoms with van der Waals surface area (Å²) in [5.74, 6) is -0.108. The Balaban J connectivity index is 1.80. The lowest BCUT2D eigenvalue weighted by molar-refractivity contribution is -0.133. The Labute approximate surface area is 131 Å². The number of imide groups is 1. The van der Waals surface area contributed by atoms with E-state index >= 15 is 0 Å². The summed E-state index contributed by atoms with van der Waals surface area (Å²) in [6, 6.07) is -0.0927. The van der Waals surface area contributed by atoms with Gasteiger partial charge in [0.2, 0.25) is 5.91 Å². The molecular formula is C15H26N4O3. The monoisotopic (exact) mass is 310 g/mol. The van der Waals surface area contributed by atoms with Crippen LogP contribution in [0.4, 0.5) is 4.79 Å². The van der Waals surface area contributed by atoms with E-state index in [0.717, 1.165) is 25.9 Å². The van der Waals surface area contributed by atoms with Crippen LogP contribution in [0.25, 0.3) is 0 Å². The van der Waals surface area contributed by atoms with Gasteiger partial charge in [-0.15, -0.1) is 0 Å². The first-order chi connectivity index (χ1) is 10.4. The summed E-state index contributed by atoms with van der Waals surface area (Å²) in [5.41, 5.74) is -0.839. The first-order valence-corrected chi connectivity index (χ1v) is 7.95. The summed E-state index contributed by atoms with van der Waals surface area (Å²) in [6.07, 6.45) is 2.96. The normalized spacial score (nSPS) is 24.0. The summed E-state index contributed by atoms with van der Waals surface area (Å²) in [7, 11) is 1.89. The van der Waals surface area contributed by atoms with Gasteiger partial charge in [-0.05, 0) is 40.2 Å². The Kier molecular flexibility index (Phi) is 5.05. The van der Waals surface area contributed by atoms with E-state index < -0.39 is 5.54 Å². The third kappa shape index (κ3) is 3.40. The molecule has 7 nitrogen and oxygen atoms in total. The molecule has 1 atom stereocenters. The molecule has 2 aliphatic heterocycles. The molecule has 0 aromatic rings. The summed E-state index contributed by atoms with van der Waals surface area (Å²) in [6.45, 7) is 5.29. The van der Waals surface area contributed by atoms with Crippen LogP contribution in [0, 0.1) is 0 Å². The van der Waals surface area contributed by atoms with E-state index in [1.54, 1.807) is 13.8 Å². The van der Waals surface area contributed by atoms with E-state index in [1.807, 2.05) is 11.9 Å². The minimum Gasteiger partial charge on any atom is -0.338 e. The Bertz CT molecular complexity index is 464. The highest BCUT2D eigenvalue weighted by Gasteiger charge is 2.43. The molecule has 2 heterocycles. The van der Waals surface area contributed by atoms with E-state index in [2.05, 4.69) is 10.6 Å². The highest BCUT2D eigenvalue weighted by Crippen LogP contribution is 2.20. The lowest BCUT2D eigenvalue weighted by Crippen LogP contribution is -2.41. The Morgan fingerprint density at radius 3 is 2.73 bits per heavy atom. The zero-order valence-corrected chi connectivity index (χ0v) is 13.6. The number of carbonyl (C=O) groups is 3. The summed E-state index contributed by atoms with van der Waals surface area (Å²) < 4.78 is 0. The Morgan fingerprint density at radius 2 is 2.14 bits per heavy atom. The largest absolute Gasteiger partial charge is 0.338 e. The van der Waals surface area contributed by atoms with Gasteiger partial charge in [0.15, 0.2) is 0 Å². The summed E-state index contributed by atoms with van der Waals surface area (Å²) in [5, 5.41) is 5.76. The van der Waals surface area contributed by atoms with Gasteiger partial charge in [-0.2, -0.15) is 0 Å². The number of hydrogen-bond donors (Lipinski definition) is 2. The minimum atomic E-state index is -0.839. The van der Waals surface area contributed by atoms with Crippen LogP contribution >= 0.6 is 0 Å². The van der Waals surface area contributed by atoms with Gasteiger partial charge in [-0.1, -0.05) is 0 Å². The molecule has 2 fully saturated rings. The van der Waals surface area contributed by atoms with Crippen LogP contribution in [0.15, 0.2) is 0 Å². The predicted molar refractivity (Wildman–Crippen MR) is 82.2 cm³/mol.